The highest BCUT2D eigenvalue weighted by molar-refractivity contribution is 9.10. The molecule has 0 aliphatic heterocycles. The van der Waals surface area contributed by atoms with Gasteiger partial charge in [-0.2, -0.15) is 0 Å². The Morgan fingerprint density at radius 2 is 1.65 bits per heavy atom. The van der Waals surface area contributed by atoms with Gasteiger partial charge in [-0.15, -0.1) is 11.6 Å². The minimum Gasteiger partial charge on any atom is -0.113 e. The summed E-state index contributed by atoms with van der Waals surface area (Å²) in [5.74, 6) is 0.600. The Hall–Kier alpha value is -0.790. The molecule has 0 aromatic heterocycles. The molecule has 0 bridgehead atoms. The molecule has 0 nitrogen and oxygen atoms in total. The van der Waals surface area contributed by atoms with Crippen molar-refractivity contribution in [1.29, 1.82) is 0 Å². The van der Waals surface area contributed by atoms with Gasteiger partial charge in [-0.1, -0.05) is 72.2 Å². The molecule has 0 amide bonds. The average Bonchev–Trinajstić information content (AvgIpc) is 2.48. The average molecular weight is 352 g/mol. The van der Waals surface area contributed by atoms with E-state index in [0.717, 1.165) is 22.0 Å². The van der Waals surface area contributed by atoms with Crippen LogP contribution in [0.4, 0.5) is 0 Å². The lowest BCUT2D eigenvalue weighted by Crippen LogP contribution is -1.97. The van der Waals surface area contributed by atoms with Crippen LogP contribution in [-0.2, 0) is 0 Å². The van der Waals surface area contributed by atoms with E-state index in [1.54, 1.807) is 0 Å². The van der Waals surface area contributed by atoms with Crippen LogP contribution < -0.4 is 0 Å². The van der Waals surface area contributed by atoms with E-state index < -0.39 is 0 Å². The zero-order chi connectivity index (χ0) is 14.7. The predicted octanol–water partition coefficient (Wildman–Crippen LogP) is 6.60. The molecule has 0 N–H and O–H groups in total. The summed E-state index contributed by atoms with van der Waals surface area (Å²) in [6, 6.07) is 14.9. The fourth-order valence-corrected chi connectivity index (χ4v) is 3.23. The van der Waals surface area contributed by atoms with Crippen LogP contribution in [-0.4, -0.2) is 0 Å². The molecule has 2 aromatic rings. The Balaban J connectivity index is 2.29. The van der Waals surface area contributed by atoms with Crippen LogP contribution in [0, 0.1) is 6.92 Å². The van der Waals surface area contributed by atoms with E-state index in [2.05, 4.69) is 79.2 Å². The van der Waals surface area contributed by atoms with Crippen LogP contribution in [0.15, 0.2) is 46.9 Å². The molecule has 0 fully saturated rings. The van der Waals surface area contributed by atoms with Crippen LogP contribution in [0.1, 0.15) is 53.8 Å². The summed E-state index contributed by atoms with van der Waals surface area (Å²) in [6.07, 6.45) is 1.16. The monoisotopic (exact) mass is 350 g/mol. The first-order valence-electron chi connectivity index (χ1n) is 7.03. The fourth-order valence-electron chi connectivity index (χ4n) is 2.27. The van der Waals surface area contributed by atoms with Gasteiger partial charge in [-0.3, -0.25) is 0 Å². The number of alkyl halides is 1. The first-order valence-corrected chi connectivity index (χ1v) is 8.26. The Bertz CT molecular complexity index is 574. The second kappa shape index (κ2) is 6.78. The smallest absolute Gasteiger partial charge is 0.0846 e. The number of rotatable bonds is 4. The molecule has 2 aromatic carbocycles. The van der Waals surface area contributed by atoms with E-state index in [1.807, 2.05) is 0 Å². The van der Waals surface area contributed by atoms with Gasteiger partial charge in [-0.25, -0.2) is 0 Å². The second-order valence-corrected chi connectivity index (χ2v) is 6.55. The van der Waals surface area contributed by atoms with Gasteiger partial charge < -0.3 is 0 Å². The number of hydrogen-bond donors (Lipinski definition) is 0. The second-order valence-electron chi connectivity index (χ2n) is 5.32. The van der Waals surface area contributed by atoms with E-state index in [0.29, 0.717) is 5.92 Å². The first-order chi connectivity index (χ1) is 9.54. The maximum atomic E-state index is 6.64. The normalized spacial score (nSPS) is 14.1. The van der Waals surface area contributed by atoms with Crippen molar-refractivity contribution in [2.24, 2.45) is 0 Å². The lowest BCUT2D eigenvalue weighted by molar-refractivity contribution is 0.733. The summed E-state index contributed by atoms with van der Waals surface area (Å²) in [7, 11) is 0. The van der Waals surface area contributed by atoms with Crippen molar-refractivity contribution in [2.75, 3.05) is 0 Å². The highest BCUT2D eigenvalue weighted by Crippen LogP contribution is 2.35. The van der Waals surface area contributed by atoms with E-state index in [1.165, 1.54) is 11.1 Å². The van der Waals surface area contributed by atoms with Crippen molar-refractivity contribution in [3.63, 3.8) is 0 Å². The van der Waals surface area contributed by atoms with E-state index in [-0.39, 0.29) is 5.38 Å². The summed E-state index contributed by atoms with van der Waals surface area (Å²) < 4.78 is 1.10. The van der Waals surface area contributed by atoms with Gasteiger partial charge in [0.15, 0.2) is 0 Å². The van der Waals surface area contributed by atoms with Crippen LogP contribution in [0.3, 0.4) is 0 Å². The molecule has 0 heterocycles. The molecule has 0 aliphatic rings. The summed E-state index contributed by atoms with van der Waals surface area (Å²) in [5, 5.41) is -0.116. The van der Waals surface area contributed by atoms with Crippen molar-refractivity contribution in [2.45, 2.75) is 38.5 Å². The minimum absolute atomic E-state index is 0.116. The highest BCUT2D eigenvalue weighted by atomic mass is 79.9. The minimum atomic E-state index is -0.116. The molecule has 2 unspecified atom stereocenters. The lowest BCUT2D eigenvalue weighted by Gasteiger charge is -2.15. The van der Waals surface area contributed by atoms with E-state index >= 15 is 0 Å². The molecular weight excluding hydrogens is 332 g/mol. The maximum absolute atomic E-state index is 6.64. The highest BCUT2D eigenvalue weighted by Gasteiger charge is 2.15. The largest absolute Gasteiger partial charge is 0.113 e. The summed E-state index contributed by atoms with van der Waals surface area (Å²) in [5.41, 5.74) is 4.86. The molecule has 2 atom stereocenters. The van der Waals surface area contributed by atoms with Crippen molar-refractivity contribution in [3.8, 4) is 0 Å². The van der Waals surface area contributed by atoms with Gasteiger partial charge in [0.25, 0.3) is 0 Å². The van der Waals surface area contributed by atoms with Crippen LogP contribution in [0.25, 0.3) is 0 Å². The van der Waals surface area contributed by atoms with Crippen LogP contribution in [0.2, 0.25) is 0 Å². The number of hydrogen-bond acceptors (Lipinski definition) is 0. The number of benzene rings is 2. The third kappa shape index (κ3) is 3.27. The van der Waals surface area contributed by atoms with Gasteiger partial charge in [0.1, 0.15) is 0 Å². The third-order valence-electron chi connectivity index (χ3n) is 3.91. The SMILES string of the molecule is CCC(C)c1ccc(C(Cl)c2cccc(C)c2Br)cc1. The molecule has 2 heteroatoms. The Labute approximate surface area is 135 Å². The van der Waals surface area contributed by atoms with Crippen LogP contribution in [0.5, 0.6) is 0 Å². The molecule has 0 saturated heterocycles. The van der Waals surface area contributed by atoms with Crippen molar-refractivity contribution < 1.29 is 0 Å². The molecule has 20 heavy (non-hydrogen) atoms. The van der Waals surface area contributed by atoms with Gasteiger partial charge in [0.2, 0.25) is 0 Å². The number of halogens is 2. The molecule has 0 radical (unpaired) electrons. The fraction of sp³-hybridized carbons (Fsp3) is 0.333. The van der Waals surface area contributed by atoms with Crippen LogP contribution >= 0.6 is 27.5 Å². The Morgan fingerprint density at radius 1 is 1.05 bits per heavy atom. The topological polar surface area (TPSA) is 0 Å². The van der Waals surface area contributed by atoms with Gasteiger partial charge in [0, 0.05) is 4.47 Å². The van der Waals surface area contributed by atoms with Gasteiger partial charge >= 0.3 is 0 Å². The quantitative estimate of drug-likeness (QED) is 0.544. The Morgan fingerprint density at radius 3 is 2.25 bits per heavy atom. The third-order valence-corrected chi connectivity index (χ3v) is 5.48. The summed E-state index contributed by atoms with van der Waals surface area (Å²) in [4.78, 5) is 0. The molecule has 0 aliphatic carbocycles. The van der Waals surface area contributed by atoms with Gasteiger partial charge in [0.05, 0.1) is 5.38 Å². The molecular formula is C18H20BrCl. The van der Waals surface area contributed by atoms with Gasteiger partial charge in [-0.05, 0) is 41.5 Å². The molecule has 0 saturated carbocycles. The number of aryl methyl sites for hydroxylation is 1. The predicted molar refractivity (Wildman–Crippen MR) is 91.7 cm³/mol. The van der Waals surface area contributed by atoms with Crippen molar-refractivity contribution >= 4 is 27.5 Å². The maximum Gasteiger partial charge on any atom is 0.0846 e. The zero-order valence-electron chi connectivity index (χ0n) is 12.2. The van der Waals surface area contributed by atoms with E-state index in [4.69, 9.17) is 11.6 Å². The Kier molecular flexibility index (Phi) is 5.29. The standard InChI is InChI=1S/C18H20BrCl/c1-4-12(2)14-8-10-15(11-9-14)18(20)16-7-5-6-13(3)17(16)19/h5-12,18H,4H2,1-3H3. The van der Waals surface area contributed by atoms with Crippen molar-refractivity contribution in [3.05, 3.63) is 69.2 Å². The lowest BCUT2D eigenvalue weighted by atomic mass is 9.95. The summed E-state index contributed by atoms with van der Waals surface area (Å²) in [6.45, 7) is 6.56. The summed E-state index contributed by atoms with van der Waals surface area (Å²) >= 11 is 10.3. The molecule has 2 rings (SSSR count). The zero-order valence-corrected chi connectivity index (χ0v) is 14.5. The van der Waals surface area contributed by atoms with E-state index in [9.17, 15) is 0 Å². The molecule has 106 valence electrons. The molecule has 0 spiro atoms. The van der Waals surface area contributed by atoms with Crippen molar-refractivity contribution in [1.82, 2.24) is 0 Å². The first kappa shape index (κ1) is 15.6.